The van der Waals surface area contributed by atoms with Crippen molar-refractivity contribution in [1.29, 1.82) is 0 Å². The summed E-state index contributed by atoms with van der Waals surface area (Å²) in [7, 11) is 0. The molecule has 7 heteroatoms. The summed E-state index contributed by atoms with van der Waals surface area (Å²) in [5, 5.41) is 8.58. The molecule has 144 valence electrons. The number of hydrogen-bond donors (Lipinski definition) is 3. The monoisotopic (exact) mass is 370 g/mol. The van der Waals surface area contributed by atoms with Gasteiger partial charge in [-0.25, -0.2) is 9.78 Å². The molecule has 0 saturated carbocycles. The highest BCUT2D eigenvalue weighted by molar-refractivity contribution is 5.98. The number of rotatable bonds is 6. The number of ether oxygens (including phenoxy) is 1. The van der Waals surface area contributed by atoms with Crippen LogP contribution in [0.3, 0.4) is 0 Å². The largest absolute Gasteiger partial charge is 0.444 e. The van der Waals surface area contributed by atoms with Crippen molar-refractivity contribution in [2.75, 3.05) is 10.6 Å². The van der Waals surface area contributed by atoms with Gasteiger partial charge in [0, 0.05) is 11.9 Å². The molecule has 1 heterocycles. The van der Waals surface area contributed by atoms with Gasteiger partial charge in [-0.1, -0.05) is 25.1 Å². The third-order valence-corrected chi connectivity index (χ3v) is 3.52. The highest BCUT2D eigenvalue weighted by Crippen LogP contribution is 2.23. The minimum absolute atomic E-state index is 0.363. The average molecular weight is 370 g/mol. The molecule has 0 bridgehead atoms. The highest BCUT2D eigenvalue weighted by atomic mass is 16.6. The van der Waals surface area contributed by atoms with Crippen molar-refractivity contribution in [2.24, 2.45) is 0 Å². The average Bonchev–Trinajstić information content (AvgIpc) is 2.60. The second kappa shape index (κ2) is 9.02. The highest BCUT2D eigenvalue weighted by Gasteiger charge is 2.23. The van der Waals surface area contributed by atoms with Gasteiger partial charge < -0.3 is 20.7 Å². The third-order valence-electron chi connectivity index (χ3n) is 3.52. The van der Waals surface area contributed by atoms with E-state index >= 15 is 0 Å². The van der Waals surface area contributed by atoms with Crippen LogP contribution in [0.1, 0.15) is 34.1 Å². The van der Waals surface area contributed by atoms with Gasteiger partial charge in [-0.3, -0.25) is 4.79 Å². The fourth-order valence-electron chi connectivity index (χ4n) is 2.29. The molecule has 0 aliphatic carbocycles. The van der Waals surface area contributed by atoms with Crippen LogP contribution in [0.4, 0.5) is 22.0 Å². The van der Waals surface area contributed by atoms with Crippen molar-refractivity contribution in [1.82, 2.24) is 10.3 Å². The molecular formula is C20H26N4O3. The van der Waals surface area contributed by atoms with E-state index in [0.717, 1.165) is 5.69 Å². The van der Waals surface area contributed by atoms with E-state index in [1.54, 1.807) is 33.0 Å². The summed E-state index contributed by atoms with van der Waals surface area (Å²) in [6.45, 7) is 7.11. The summed E-state index contributed by atoms with van der Waals surface area (Å²) < 4.78 is 5.22. The Hall–Kier alpha value is -3.09. The number of nitrogens with zero attached hydrogens (tertiary/aromatic N) is 1. The van der Waals surface area contributed by atoms with Crippen LogP contribution < -0.4 is 16.0 Å². The van der Waals surface area contributed by atoms with Crippen molar-refractivity contribution in [3.63, 3.8) is 0 Å². The summed E-state index contributed by atoms with van der Waals surface area (Å²) in [5.74, 6) is 0.0222. The SMILES string of the molecule is CC[C@H](NC(=O)OC(C)(C)C)C(=O)Nc1ncccc1Nc1ccccc1. The number of benzene rings is 1. The first-order valence-corrected chi connectivity index (χ1v) is 8.86. The predicted molar refractivity (Wildman–Crippen MR) is 106 cm³/mol. The van der Waals surface area contributed by atoms with E-state index in [1.807, 2.05) is 43.3 Å². The zero-order valence-electron chi connectivity index (χ0n) is 16.1. The lowest BCUT2D eigenvalue weighted by Crippen LogP contribution is -2.45. The van der Waals surface area contributed by atoms with E-state index in [0.29, 0.717) is 17.9 Å². The van der Waals surface area contributed by atoms with E-state index in [1.165, 1.54) is 0 Å². The van der Waals surface area contributed by atoms with Gasteiger partial charge >= 0.3 is 6.09 Å². The minimum Gasteiger partial charge on any atom is -0.444 e. The molecule has 0 saturated heterocycles. The summed E-state index contributed by atoms with van der Waals surface area (Å²) in [6.07, 6.45) is 1.38. The van der Waals surface area contributed by atoms with Gasteiger partial charge in [-0.2, -0.15) is 0 Å². The van der Waals surface area contributed by atoms with Crippen molar-refractivity contribution >= 4 is 29.2 Å². The molecule has 1 aromatic carbocycles. The van der Waals surface area contributed by atoms with Crippen molar-refractivity contribution < 1.29 is 14.3 Å². The number of para-hydroxylation sites is 1. The van der Waals surface area contributed by atoms with Crippen LogP contribution in [-0.2, 0) is 9.53 Å². The second-order valence-electron chi connectivity index (χ2n) is 6.99. The van der Waals surface area contributed by atoms with E-state index in [4.69, 9.17) is 4.74 Å². The van der Waals surface area contributed by atoms with Crippen LogP contribution >= 0.6 is 0 Å². The van der Waals surface area contributed by atoms with Crippen LogP contribution in [-0.4, -0.2) is 28.6 Å². The van der Waals surface area contributed by atoms with Gasteiger partial charge in [0.15, 0.2) is 5.82 Å². The number of anilines is 3. The maximum absolute atomic E-state index is 12.6. The predicted octanol–water partition coefficient (Wildman–Crippen LogP) is 4.07. The first-order chi connectivity index (χ1) is 12.8. The number of pyridine rings is 1. The summed E-state index contributed by atoms with van der Waals surface area (Å²) in [6, 6.07) is 12.4. The number of amides is 2. The topological polar surface area (TPSA) is 92.3 Å². The van der Waals surface area contributed by atoms with Gasteiger partial charge in [0.05, 0.1) is 5.69 Å². The molecule has 1 atom stereocenters. The Bertz CT molecular complexity index is 772. The number of carbonyl (C=O) groups excluding carboxylic acids is 2. The van der Waals surface area contributed by atoms with E-state index < -0.39 is 17.7 Å². The van der Waals surface area contributed by atoms with Crippen LogP contribution in [0.5, 0.6) is 0 Å². The van der Waals surface area contributed by atoms with Gasteiger partial charge in [-0.15, -0.1) is 0 Å². The molecule has 27 heavy (non-hydrogen) atoms. The maximum atomic E-state index is 12.6. The fourth-order valence-corrected chi connectivity index (χ4v) is 2.29. The van der Waals surface area contributed by atoms with E-state index in [2.05, 4.69) is 20.9 Å². The standard InChI is InChI=1S/C20H26N4O3/c1-5-15(23-19(26)27-20(2,3)4)18(25)24-17-16(12-9-13-21-17)22-14-10-7-6-8-11-14/h6-13,15,22H,5H2,1-4H3,(H,23,26)(H,21,24,25)/t15-/m0/s1. The first-order valence-electron chi connectivity index (χ1n) is 8.86. The van der Waals surface area contributed by atoms with E-state index in [9.17, 15) is 9.59 Å². The molecule has 2 rings (SSSR count). The lowest BCUT2D eigenvalue weighted by atomic mass is 10.2. The number of carbonyl (C=O) groups is 2. The van der Waals surface area contributed by atoms with Gasteiger partial charge in [0.1, 0.15) is 11.6 Å². The number of nitrogens with one attached hydrogen (secondary N) is 3. The van der Waals surface area contributed by atoms with Crippen molar-refractivity contribution in [3.05, 3.63) is 48.7 Å². The molecule has 1 aromatic heterocycles. The van der Waals surface area contributed by atoms with Crippen molar-refractivity contribution in [3.8, 4) is 0 Å². The lowest BCUT2D eigenvalue weighted by Gasteiger charge is -2.23. The molecule has 0 spiro atoms. The molecule has 0 aliphatic heterocycles. The Balaban J connectivity index is 2.06. The van der Waals surface area contributed by atoms with Crippen LogP contribution in [0.15, 0.2) is 48.7 Å². The minimum atomic E-state index is -0.730. The molecule has 0 radical (unpaired) electrons. The zero-order chi connectivity index (χ0) is 19.9. The molecule has 0 aliphatic rings. The number of aromatic nitrogens is 1. The molecule has 0 fully saturated rings. The van der Waals surface area contributed by atoms with Gasteiger partial charge in [-0.05, 0) is 51.5 Å². The van der Waals surface area contributed by atoms with Crippen LogP contribution in [0.2, 0.25) is 0 Å². The maximum Gasteiger partial charge on any atom is 0.408 e. The Labute approximate surface area is 159 Å². The summed E-state index contributed by atoms with van der Waals surface area (Å²) >= 11 is 0. The van der Waals surface area contributed by atoms with Gasteiger partial charge in [0.25, 0.3) is 0 Å². The quantitative estimate of drug-likeness (QED) is 0.713. The normalized spacial score (nSPS) is 12.0. The number of alkyl carbamates (subject to hydrolysis) is 1. The molecular weight excluding hydrogens is 344 g/mol. The third kappa shape index (κ3) is 6.62. The summed E-state index contributed by atoms with van der Waals surface area (Å²) in [5.41, 5.74) is 0.899. The zero-order valence-corrected chi connectivity index (χ0v) is 16.1. The molecule has 2 amide bonds. The Morgan fingerprint density at radius 1 is 1.11 bits per heavy atom. The second-order valence-corrected chi connectivity index (χ2v) is 6.99. The molecule has 3 N–H and O–H groups in total. The fraction of sp³-hybridized carbons (Fsp3) is 0.350. The lowest BCUT2D eigenvalue weighted by molar-refractivity contribution is -0.118. The Morgan fingerprint density at radius 3 is 2.44 bits per heavy atom. The molecule has 2 aromatic rings. The molecule has 0 unspecified atom stereocenters. The molecule has 7 nitrogen and oxygen atoms in total. The van der Waals surface area contributed by atoms with E-state index in [-0.39, 0.29) is 5.91 Å². The summed E-state index contributed by atoms with van der Waals surface area (Å²) in [4.78, 5) is 28.8. The number of hydrogen-bond acceptors (Lipinski definition) is 5. The Kier molecular flexibility index (Phi) is 6.76. The first kappa shape index (κ1) is 20.2. The van der Waals surface area contributed by atoms with Crippen LogP contribution in [0, 0.1) is 0 Å². The van der Waals surface area contributed by atoms with Gasteiger partial charge in [0.2, 0.25) is 5.91 Å². The Morgan fingerprint density at radius 2 is 1.81 bits per heavy atom. The van der Waals surface area contributed by atoms with Crippen LogP contribution in [0.25, 0.3) is 0 Å². The van der Waals surface area contributed by atoms with Crippen molar-refractivity contribution in [2.45, 2.75) is 45.8 Å². The smallest absolute Gasteiger partial charge is 0.408 e.